The van der Waals surface area contributed by atoms with Crippen LogP contribution in [0.3, 0.4) is 0 Å². The average molecular weight is 360 g/mol. The Morgan fingerprint density at radius 2 is 1.55 bits per heavy atom. The van der Waals surface area contributed by atoms with Gasteiger partial charge in [-0.25, -0.2) is 5.26 Å². The first-order valence-corrected chi connectivity index (χ1v) is 8.71. The molecule has 0 aromatic rings. The molecule has 2 N–H and O–H groups in total. The summed E-state index contributed by atoms with van der Waals surface area (Å²) < 4.78 is 44.2. The Morgan fingerprint density at radius 3 is 2.00 bits per heavy atom. The monoisotopic (exact) mass is 360 g/mol. The number of ether oxygens (including phenoxy) is 2. The van der Waals surface area contributed by atoms with Crippen LogP contribution in [0.1, 0.15) is 40.5 Å². The largest absolute Gasteiger partial charge is 0.498 e. The molecule has 0 aromatic heterocycles. The van der Waals surface area contributed by atoms with Crippen LogP contribution >= 0.6 is 12.0 Å². The molecule has 0 aliphatic heterocycles. The third kappa shape index (κ3) is 9.49. The van der Waals surface area contributed by atoms with Gasteiger partial charge in [0.15, 0.2) is 0 Å². The quantitative estimate of drug-likeness (QED) is 0.135. The van der Waals surface area contributed by atoms with E-state index >= 15 is 0 Å². The molecule has 0 amide bonds. The molecule has 0 aliphatic carbocycles. The molecule has 22 heavy (non-hydrogen) atoms. The smallest absolute Gasteiger partial charge is 0.270 e. The second-order valence-corrected chi connectivity index (χ2v) is 9.20. The Balaban J connectivity index is 3.81. The first-order chi connectivity index (χ1) is 10.0. The first kappa shape index (κ1) is 21.5. The van der Waals surface area contributed by atoms with Crippen LogP contribution in [0.2, 0.25) is 0 Å². The van der Waals surface area contributed by atoms with Gasteiger partial charge < -0.3 is 9.47 Å². The van der Waals surface area contributed by atoms with E-state index in [2.05, 4.69) is 9.37 Å². The van der Waals surface area contributed by atoms with Gasteiger partial charge in [-0.15, -0.1) is 4.33 Å². The molecule has 0 spiro atoms. The van der Waals surface area contributed by atoms with Crippen LogP contribution in [0.15, 0.2) is 12.5 Å². The standard InChI is InChI=1S/C12H24O8S2/c1-11(2,21-20-19-13)5-7-17-9-10-18-8-6-12(3,4)22(14,15)16/h9-10,13H,5-8H2,1-4H3,(H,14,15,16). The van der Waals surface area contributed by atoms with E-state index in [9.17, 15) is 8.42 Å². The normalized spacial score (nSPS) is 13.5. The highest BCUT2D eigenvalue weighted by Crippen LogP contribution is 2.28. The van der Waals surface area contributed by atoms with Crippen LogP contribution in [-0.2, 0) is 29.0 Å². The van der Waals surface area contributed by atoms with Crippen molar-refractivity contribution in [2.24, 2.45) is 0 Å². The number of rotatable bonds is 12. The van der Waals surface area contributed by atoms with Crippen molar-refractivity contribution in [2.45, 2.75) is 50.0 Å². The Bertz CT molecular complexity index is 430. The maximum absolute atomic E-state index is 11.0. The number of hydrogen-bond donors (Lipinski definition) is 2. The van der Waals surface area contributed by atoms with Crippen molar-refractivity contribution in [3.8, 4) is 0 Å². The van der Waals surface area contributed by atoms with E-state index in [-0.39, 0.29) is 17.8 Å². The van der Waals surface area contributed by atoms with Gasteiger partial charge in [-0.1, -0.05) is 5.04 Å². The second-order valence-electron chi connectivity index (χ2n) is 5.73. The summed E-state index contributed by atoms with van der Waals surface area (Å²) >= 11 is 0.968. The summed E-state index contributed by atoms with van der Waals surface area (Å²) in [5.41, 5.74) is 0. The van der Waals surface area contributed by atoms with Crippen molar-refractivity contribution in [1.29, 1.82) is 0 Å². The Hall–Kier alpha value is -0.520. The minimum atomic E-state index is -4.11. The lowest BCUT2D eigenvalue weighted by Gasteiger charge is -2.20. The fourth-order valence-corrected chi connectivity index (χ4v) is 1.82. The highest BCUT2D eigenvalue weighted by atomic mass is 32.2. The van der Waals surface area contributed by atoms with Gasteiger partial charge in [0.25, 0.3) is 10.1 Å². The minimum absolute atomic E-state index is 0.135. The summed E-state index contributed by atoms with van der Waals surface area (Å²) in [4.78, 5) is 0. The molecule has 0 saturated carbocycles. The third-order valence-corrected chi connectivity index (χ3v) is 5.27. The van der Waals surface area contributed by atoms with Gasteiger partial charge in [-0.3, -0.25) is 4.55 Å². The predicted octanol–water partition coefficient (Wildman–Crippen LogP) is 2.79. The zero-order chi connectivity index (χ0) is 17.3. The molecule has 0 fully saturated rings. The predicted molar refractivity (Wildman–Crippen MR) is 82.4 cm³/mol. The third-order valence-electron chi connectivity index (χ3n) is 2.88. The fraction of sp³-hybridized carbons (Fsp3) is 0.833. The molecule has 0 saturated heterocycles. The molecule has 0 aliphatic rings. The molecule has 0 rings (SSSR count). The van der Waals surface area contributed by atoms with Crippen LogP contribution < -0.4 is 0 Å². The zero-order valence-electron chi connectivity index (χ0n) is 13.1. The Kier molecular flexibility index (Phi) is 9.35. The summed E-state index contributed by atoms with van der Waals surface area (Å²) in [5.74, 6) is 0. The molecule has 0 unspecified atom stereocenters. The lowest BCUT2D eigenvalue weighted by Crippen LogP contribution is -2.32. The highest BCUT2D eigenvalue weighted by molar-refractivity contribution is 7.95. The summed E-state index contributed by atoms with van der Waals surface area (Å²) in [6.45, 7) is 7.14. The van der Waals surface area contributed by atoms with E-state index in [0.29, 0.717) is 13.0 Å². The number of hydrogen-bond acceptors (Lipinski definition) is 8. The van der Waals surface area contributed by atoms with Crippen molar-refractivity contribution < 1.29 is 37.1 Å². The summed E-state index contributed by atoms with van der Waals surface area (Å²) in [7, 11) is -4.11. The summed E-state index contributed by atoms with van der Waals surface area (Å²) in [5, 5.41) is 11.6. The van der Waals surface area contributed by atoms with E-state index in [0.717, 1.165) is 12.0 Å². The molecule has 0 atom stereocenters. The first-order valence-electron chi connectivity index (χ1n) is 6.53. The highest BCUT2D eigenvalue weighted by Gasteiger charge is 2.32. The van der Waals surface area contributed by atoms with Gasteiger partial charge >= 0.3 is 0 Å². The van der Waals surface area contributed by atoms with Crippen molar-refractivity contribution in [1.82, 2.24) is 0 Å². The van der Waals surface area contributed by atoms with Gasteiger partial charge in [-0.05, 0) is 34.1 Å². The van der Waals surface area contributed by atoms with Crippen LogP contribution in [-0.4, -0.2) is 40.9 Å². The van der Waals surface area contributed by atoms with Crippen LogP contribution in [0.25, 0.3) is 0 Å². The molecule has 0 bridgehead atoms. The maximum Gasteiger partial charge on any atom is 0.270 e. The van der Waals surface area contributed by atoms with Crippen molar-refractivity contribution in [3.63, 3.8) is 0 Å². The van der Waals surface area contributed by atoms with Crippen molar-refractivity contribution in [3.05, 3.63) is 12.5 Å². The average Bonchev–Trinajstić information content (AvgIpc) is 2.38. The molecule has 0 aromatic carbocycles. The summed E-state index contributed by atoms with van der Waals surface area (Å²) in [6, 6.07) is 0. The van der Waals surface area contributed by atoms with Gasteiger partial charge in [-0.2, -0.15) is 8.42 Å². The van der Waals surface area contributed by atoms with Gasteiger partial charge in [0, 0.05) is 23.2 Å². The lowest BCUT2D eigenvalue weighted by atomic mass is 10.1. The van der Waals surface area contributed by atoms with Crippen molar-refractivity contribution >= 4 is 22.2 Å². The van der Waals surface area contributed by atoms with E-state index in [1.165, 1.54) is 26.4 Å². The fourth-order valence-electron chi connectivity index (χ4n) is 1.10. The minimum Gasteiger partial charge on any atom is -0.498 e. The van der Waals surface area contributed by atoms with E-state index < -0.39 is 14.9 Å². The van der Waals surface area contributed by atoms with E-state index in [1.54, 1.807) is 0 Å². The van der Waals surface area contributed by atoms with Gasteiger partial charge in [0.2, 0.25) is 0 Å². The second kappa shape index (κ2) is 9.58. The van der Waals surface area contributed by atoms with Gasteiger partial charge in [0.05, 0.1) is 18.0 Å². The van der Waals surface area contributed by atoms with Crippen molar-refractivity contribution in [2.75, 3.05) is 13.2 Å². The molecular weight excluding hydrogens is 336 g/mol. The molecular formula is C12H24O8S2. The summed E-state index contributed by atoms with van der Waals surface area (Å²) in [6.07, 6.45) is 3.44. The van der Waals surface area contributed by atoms with E-state index in [1.807, 2.05) is 13.8 Å². The molecule has 10 heteroatoms. The van der Waals surface area contributed by atoms with Crippen LogP contribution in [0.5, 0.6) is 0 Å². The Morgan fingerprint density at radius 1 is 1.05 bits per heavy atom. The molecule has 132 valence electrons. The molecule has 8 nitrogen and oxygen atoms in total. The lowest BCUT2D eigenvalue weighted by molar-refractivity contribution is -0.432. The molecule has 0 heterocycles. The maximum atomic E-state index is 11.0. The van der Waals surface area contributed by atoms with Gasteiger partial charge in [0.1, 0.15) is 12.5 Å². The zero-order valence-corrected chi connectivity index (χ0v) is 14.8. The van der Waals surface area contributed by atoms with Crippen LogP contribution in [0, 0.1) is 0 Å². The molecule has 0 radical (unpaired) electrons. The van der Waals surface area contributed by atoms with E-state index in [4.69, 9.17) is 19.3 Å². The topological polar surface area (TPSA) is 112 Å². The Labute approximate surface area is 135 Å². The SMILES string of the molecule is CC(C)(CCOC=COCCC(C)(C)S(=O)(=O)O)SOOO. The van der Waals surface area contributed by atoms with Crippen LogP contribution in [0.4, 0.5) is 0 Å².